The fourth-order valence-corrected chi connectivity index (χ4v) is 2.98. The van der Waals surface area contributed by atoms with Crippen LogP contribution in [-0.4, -0.2) is 28.6 Å². The summed E-state index contributed by atoms with van der Waals surface area (Å²) >= 11 is 9.45. The molecule has 132 valence electrons. The number of rotatable bonds is 6. The van der Waals surface area contributed by atoms with Gasteiger partial charge in [-0.3, -0.25) is 4.90 Å². The number of likely N-dealkylation sites (N-methyl/N-ethyl adjacent to an activating group) is 1. The molecule has 7 heteroatoms. The third-order valence-electron chi connectivity index (χ3n) is 3.58. The summed E-state index contributed by atoms with van der Waals surface area (Å²) in [5, 5.41) is 9.92. The van der Waals surface area contributed by atoms with Gasteiger partial charge in [-0.2, -0.15) is 0 Å². The lowest BCUT2D eigenvalue weighted by Crippen LogP contribution is -2.39. The molecule has 0 fully saturated rings. The summed E-state index contributed by atoms with van der Waals surface area (Å²) in [7, 11) is 0. The Morgan fingerprint density at radius 2 is 1.92 bits per heavy atom. The second-order valence-corrected chi connectivity index (χ2v) is 6.56. The van der Waals surface area contributed by atoms with Gasteiger partial charge in [0.05, 0.1) is 0 Å². The molecule has 0 aliphatic heterocycles. The number of hydrogen-bond donors (Lipinski definition) is 1. The minimum atomic E-state index is -1.24. The molecule has 25 heavy (non-hydrogen) atoms. The summed E-state index contributed by atoms with van der Waals surface area (Å²) in [5.74, 6) is -1.18. The number of aliphatic carboxylic acids is 1. The van der Waals surface area contributed by atoms with Crippen LogP contribution in [0.25, 0.3) is 0 Å². The zero-order valence-electron chi connectivity index (χ0n) is 13.5. The number of carboxylic acid groups (broad SMARTS) is 1. The molecule has 0 aromatic heterocycles. The summed E-state index contributed by atoms with van der Waals surface area (Å²) in [5.41, 5.74) is 1.14. The molecule has 1 unspecified atom stereocenters. The molecule has 0 spiro atoms. The van der Waals surface area contributed by atoms with Crippen LogP contribution < -0.4 is 0 Å². The Balaban J connectivity index is 2.23. The van der Waals surface area contributed by atoms with Crippen molar-refractivity contribution in [2.24, 2.45) is 0 Å². The molecule has 0 radical (unpaired) electrons. The molecule has 0 aliphatic carbocycles. The average Bonchev–Trinajstić information content (AvgIpc) is 2.60. The maximum Gasteiger partial charge on any atom is 0.411 e. The number of ether oxygens (including phenoxy) is 1. The van der Waals surface area contributed by atoms with E-state index in [1.807, 2.05) is 30.3 Å². The fraction of sp³-hybridized carbons (Fsp3) is 0.222. The quantitative estimate of drug-likeness (QED) is 0.714. The lowest BCUT2D eigenvalue weighted by molar-refractivity contribution is -0.143. The van der Waals surface area contributed by atoms with Gasteiger partial charge >= 0.3 is 12.1 Å². The predicted octanol–water partition coefficient (Wildman–Crippen LogP) is 4.89. The van der Waals surface area contributed by atoms with Gasteiger partial charge < -0.3 is 9.84 Å². The first-order valence-corrected chi connectivity index (χ1v) is 8.76. The Hall–Kier alpha value is -2.05. The minimum Gasteiger partial charge on any atom is -0.479 e. The van der Waals surface area contributed by atoms with Crippen molar-refractivity contribution < 1.29 is 19.4 Å². The van der Waals surface area contributed by atoms with Gasteiger partial charge in [0.1, 0.15) is 6.61 Å². The van der Waals surface area contributed by atoms with Gasteiger partial charge in [-0.25, -0.2) is 9.59 Å². The molecular formula is C18H17BrClNO4. The first-order valence-electron chi connectivity index (χ1n) is 7.59. The molecule has 1 amide bonds. The summed E-state index contributed by atoms with van der Waals surface area (Å²) in [6.45, 7) is 1.91. The highest BCUT2D eigenvalue weighted by Crippen LogP contribution is 2.31. The van der Waals surface area contributed by atoms with E-state index in [0.29, 0.717) is 10.0 Å². The lowest BCUT2D eigenvalue weighted by atomic mass is 10.1. The average molecular weight is 427 g/mol. The highest BCUT2D eigenvalue weighted by molar-refractivity contribution is 9.10. The number of halogens is 2. The Bertz CT molecular complexity index is 754. The summed E-state index contributed by atoms with van der Waals surface area (Å²) in [4.78, 5) is 25.4. The van der Waals surface area contributed by atoms with E-state index >= 15 is 0 Å². The largest absolute Gasteiger partial charge is 0.479 e. The molecular weight excluding hydrogens is 410 g/mol. The normalized spacial score (nSPS) is 11.6. The molecule has 1 atom stereocenters. The van der Waals surface area contributed by atoms with E-state index in [4.69, 9.17) is 16.3 Å². The molecule has 1 N–H and O–H groups in total. The third-order valence-corrected chi connectivity index (χ3v) is 4.42. The topological polar surface area (TPSA) is 66.8 Å². The van der Waals surface area contributed by atoms with Gasteiger partial charge in [-0.15, -0.1) is 0 Å². The third kappa shape index (κ3) is 4.96. The standard InChI is InChI=1S/C18H17BrClNO4/c1-2-21(18(24)25-11-12-6-4-3-5-7-12)16(17(22)23)14-10-13(19)8-9-15(14)20/h3-10,16H,2,11H2,1H3,(H,22,23). The zero-order chi connectivity index (χ0) is 18.4. The smallest absolute Gasteiger partial charge is 0.411 e. The minimum absolute atomic E-state index is 0.0642. The summed E-state index contributed by atoms with van der Waals surface area (Å²) in [6.07, 6.45) is -0.713. The van der Waals surface area contributed by atoms with Crippen LogP contribution in [0.4, 0.5) is 4.79 Å². The number of hydrogen-bond acceptors (Lipinski definition) is 3. The molecule has 2 rings (SSSR count). The Labute approximate surface area is 159 Å². The fourth-order valence-electron chi connectivity index (χ4n) is 2.38. The first-order chi connectivity index (χ1) is 11.9. The number of carbonyl (C=O) groups excluding carboxylic acids is 1. The van der Waals surface area contributed by atoms with Crippen LogP contribution in [0.2, 0.25) is 5.02 Å². The SMILES string of the molecule is CCN(C(=O)OCc1ccccc1)C(C(=O)O)c1cc(Br)ccc1Cl. The zero-order valence-corrected chi connectivity index (χ0v) is 15.8. The van der Waals surface area contributed by atoms with E-state index < -0.39 is 18.1 Å². The second-order valence-electron chi connectivity index (χ2n) is 5.23. The molecule has 0 bridgehead atoms. The van der Waals surface area contributed by atoms with Crippen molar-refractivity contribution >= 4 is 39.6 Å². The van der Waals surface area contributed by atoms with Crippen molar-refractivity contribution in [3.63, 3.8) is 0 Å². The maximum atomic E-state index is 12.4. The lowest BCUT2D eigenvalue weighted by Gasteiger charge is -2.28. The summed E-state index contributed by atoms with van der Waals surface area (Å²) < 4.78 is 5.95. The van der Waals surface area contributed by atoms with Crippen molar-refractivity contribution in [1.82, 2.24) is 4.90 Å². The number of amides is 1. The van der Waals surface area contributed by atoms with Crippen molar-refractivity contribution in [2.45, 2.75) is 19.6 Å². The second kappa shape index (κ2) is 8.87. The Kier molecular flexibility index (Phi) is 6.84. The number of carboxylic acids is 1. The maximum absolute atomic E-state index is 12.4. The van der Waals surface area contributed by atoms with Crippen LogP contribution in [-0.2, 0) is 16.1 Å². The Morgan fingerprint density at radius 1 is 1.24 bits per heavy atom. The highest BCUT2D eigenvalue weighted by atomic mass is 79.9. The van der Waals surface area contributed by atoms with Gasteiger partial charge in [-0.1, -0.05) is 57.9 Å². The number of carbonyl (C=O) groups is 2. The first kappa shape index (κ1) is 19.3. The van der Waals surface area contributed by atoms with Gasteiger partial charge in [0, 0.05) is 21.6 Å². The van der Waals surface area contributed by atoms with Crippen LogP contribution in [0, 0.1) is 0 Å². The van der Waals surface area contributed by atoms with Gasteiger partial charge in [0.15, 0.2) is 6.04 Å². The van der Waals surface area contributed by atoms with E-state index in [1.54, 1.807) is 25.1 Å². The molecule has 2 aromatic carbocycles. The van der Waals surface area contributed by atoms with Gasteiger partial charge in [-0.05, 0) is 30.7 Å². The van der Waals surface area contributed by atoms with E-state index in [9.17, 15) is 14.7 Å². The predicted molar refractivity (Wildman–Crippen MR) is 98.5 cm³/mol. The van der Waals surface area contributed by atoms with E-state index in [2.05, 4.69) is 15.9 Å². The van der Waals surface area contributed by atoms with Crippen molar-refractivity contribution in [1.29, 1.82) is 0 Å². The van der Waals surface area contributed by atoms with Gasteiger partial charge in [0.25, 0.3) is 0 Å². The van der Waals surface area contributed by atoms with E-state index in [1.165, 1.54) is 0 Å². The monoisotopic (exact) mass is 425 g/mol. The van der Waals surface area contributed by atoms with Crippen molar-refractivity contribution in [3.8, 4) is 0 Å². The molecule has 0 heterocycles. The molecule has 0 saturated heterocycles. The van der Waals surface area contributed by atoms with Crippen LogP contribution in [0.15, 0.2) is 53.0 Å². The van der Waals surface area contributed by atoms with Crippen LogP contribution >= 0.6 is 27.5 Å². The van der Waals surface area contributed by atoms with Crippen LogP contribution in [0.3, 0.4) is 0 Å². The van der Waals surface area contributed by atoms with E-state index in [-0.39, 0.29) is 18.2 Å². The molecule has 0 aliphatic rings. The number of nitrogens with zero attached hydrogens (tertiary/aromatic N) is 1. The molecule has 0 saturated carbocycles. The van der Waals surface area contributed by atoms with Crippen molar-refractivity contribution in [2.75, 3.05) is 6.54 Å². The van der Waals surface area contributed by atoms with Crippen molar-refractivity contribution in [3.05, 3.63) is 69.2 Å². The van der Waals surface area contributed by atoms with Crippen LogP contribution in [0.1, 0.15) is 24.1 Å². The molecule has 2 aromatic rings. The van der Waals surface area contributed by atoms with Gasteiger partial charge in [0.2, 0.25) is 0 Å². The molecule has 5 nitrogen and oxygen atoms in total. The van der Waals surface area contributed by atoms with Crippen LogP contribution in [0.5, 0.6) is 0 Å². The highest BCUT2D eigenvalue weighted by Gasteiger charge is 2.33. The summed E-state index contributed by atoms with van der Waals surface area (Å²) in [6, 6.07) is 12.8. The Morgan fingerprint density at radius 3 is 2.52 bits per heavy atom. The van der Waals surface area contributed by atoms with E-state index in [0.717, 1.165) is 10.5 Å². The number of benzene rings is 2.